The second-order valence-corrected chi connectivity index (χ2v) is 7.08. The van der Waals surface area contributed by atoms with Crippen LogP contribution in [0.25, 0.3) is 11.4 Å². The Morgan fingerprint density at radius 2 is 1.97 bits per heavy atom. The van der Waals surface area contributed by atoms with Gasteiger partial charge in [-0.1, -0.05) is 25.5 Å². The lowest BCUT2D eigenvalue weighted by Gasteiger charge is -2.07. The zero-order chi connectivity index (χ0) is 22.1. The van der Waals surface area contributed by atoms with Crippen LogP contribution in [0.1, 0.15) is 37.4 Å². The SMILES string of the molecule is CCCCOc1ccc(-c2nnc(CCC(=O)NCc3cccc(F)c3)c(=O)[nH]2)cc1. The van der Waals surface area contributed by atoms with Crippen LogP contribution in [0, 0.1) is 5.82 Å². The number of carbonyl (C=O) groups excluding carboxylic acids is 1. The van der Waals surface area contributed by atoms with E-state index >= 15 is 0 Å². The molecule has 162 valence electrons. The number of aromatic amines is 1. The molecule has 1 heterocycles. The Bertz CT molecular complexity index is 1070. The van der Waals surface area contributed by atoms with Gasteiger partial charge < -0.3 is 15.0 Å². The maximum atomic E-state index is 13.2. The average Bonchev–Trinajstić information content (AvgIpc) is 2.77. The molecule has 3 rings (SSSR count). The first-order valence-electron chi connectivity index (χ1n) is 10.3. The molecule has 1 amide bonds. The van der Waals surface area contributed by atoms with Crippen LogP contribution in [-0.4, -0.2) is 27.7 Å². The number of ether oxygens (including phenoxy) is 1. The minimum absolute atomic E-state index is 0.0796. The highest BCUT2D eigenvalue weighted by molar-refractivity contribution is 5.76. The number of amides is 1. The summed E-state index contributed by atoms with van der Waals surface area (Å²) in [6, 6.07) is 13.3. The first-order valence-corrected chi connectivity index (χ1v) is 10.3. The van der Waals surface area contributed by atoms with Gasteiger partial charge in [0.15, 0.2) is 5.82 Å². The third-order valence-corrected chi connectivity index (χ3v) is 4.63. The highest BCUT2D eigenvalue weighted by atomic mass is 19.1. The largest absolute Gasteiger partial charge is 0.494 e. The summed E-state index contributed by atoms with van der Waals surface area (Å²) in [4.78, 5) is 27.1. The van der Waals surface area contributed by atoms with E-state index in [4.69, 9.17) is 4.74 Å². The van der Waals surface area contributed by atoms with E-state index in [0.717, 1.165) is 18.6 Å². The summed E-state index contributed by atoms with van der Waals surface area (Å²) in [5, 5.41) is 10.8. The molecule has 0 bridgehead atoms. The Labute approximate surface area is 179 Å². The Hall–Kier alpha value is -3.55. The van der Waals surface area contributed by atoms with Crippen molar-refractivity contribution in [3.8, 4) is 17.1 Å². The van der Waals surface area contributed by atoms with Crippen molar-refractivity contribution in [3.05, 3.63) is 76.0 Å². The first kappa shape index (κ1) is 22.1. The Kier molecular flexibility index (Phi) is 7.86. The number of rotatable bonds is 10. The van der Waals surface area contributed by atoms with Crippen LogP contribution in [0.3, 0.4) is 0 Å². The number of H-pyrrole nitrogens is 1. The van der Waals surface area contributed by atoms with E-state index in [1.165, 1.54) is 12.1 Å². The summed E-state index contributed by atoms with van der Waals surface area (Å²) in [6.07, 6.45) is 2.29. The van der Waals surface area contributed by atoms with Crippen molar-refractivity contribution >= 4 is 5.91 Å². The number of nitrogens with one attached hydrogen (secondary N) is 2. The average molecular weight is 424 g/mol. The van der Waals surface area contributed by atoms with Crippen molar-refractivity contribution in [3.63, 3.8) is 0 Å². The van der Waals surface area contributed by atoms with Gasteiger partial charge in [-0.3, -0.25) is 9.59 Å². The number of aryl methyl sites for hydroxylation is 1. The van der Waals surface area contributed by atoms with Gasteiger partial charge in [0.1, 0.15) is 17.3 Å². The number of hydrogen-bond donors (Lipinski definition) is 2. The highest BCUT2D eigenvalue weighted by Gasteiger charge is 2.10. The maximum Gasteiger partial charge on any atom is 0.273 e. The minimum atomic E-state index is -0.383. The number of nitrogens with zero attached hydrogens (tertiary/aromatic N) is 2. The molecule has 0 aliphatic rings. The van der Waals surface area contributed by atoms with Crippen LogP contribution in [0.2, 0.25) is 0 Å². The summed E-state index contributed by atoms with van der Waals surface area (Å²) >= 11 is 0. The minimum Gasteiger partial charge on any atom is -0.494 e. The standard InChI is InChI=1S/C23H25FN4O3/c1-2-3-13-31-19-9-7-17(8-10-19)22-26-23(30)20(27-28-22)11-12-21(29)25-15-16-5-4-6-18(24)14-16/h4-10,14H,2-3,11-13,15H2,1H3,(H,25,29)(H,26,28,30). The van der Waals surface area contributed by atoms with E-state index in [1.807, 2.05) is 12.1 Å². The molecule has 0 atom stereocenters. The molecular formula is C23H25FN4O3. The van der Waals surface area contributed by atoms with Crippen LogP contribution in [-0.2, 0) is 17.8 Å². The summed E-state index contributed by atoms with van der Waals surface area (Å²) in [6.45, 7) is 2.98. The van der Waals surface area contributed by atoms with E-state index in [1.54, 1.807) is 24.3 Å². The van der Waals surface area contributed by atoms with Crippen LogP contribution >= 0.6 is 0 Å². The van der Waals surface area contributed by atoms with Crippen molar-refractivity contribution in [2.24, 2.45) is 0 Å². The molecule has 0 aliphatic heterocycles. The van der Waals surface area contributed by atoms with E-state index in [2.05, 4.69) is 27.4 Å². The molecule has 31 heavy (non-hydrogen) atoms. The molecule has 0 saturated heterocycles. The van der Waals surface area contributed by atoms with Gasteiger partial charge in [-0.15, -0.1) is 10.2 Å². The molecule has 0 aliphatic carbocycles. The Morgan fingerprint density at radius 3 is 2.68 bits per heavy atom. The predicted octanol–water partition coefficient (Wildman–Crippen LogP) is 3.40. The topological polar surface area (TPSA) is 97.0 Å². The van der Waals surface area contributed by atoms with Crippen molar-refractivity contribution in [2.75, 3.05) is 6.61 Å². The van der Waals surface area contributed by atoms with Crippen LogP contribution in [0.4, 0.5) is 4.39 Å². The zero-order valence-electron chi connectivity index (χ0n) is 17.4. The quantitative estimate of drug-likeness (QED) is 0.486. The third kappa shape index (κ3) is 6.74. The lowest BCUT2D eigenvalue weighted by Crippen LogP contribution is -2.25. The molecular weight excluding hydrogens is 399 g/mol. The molecule has 2 aromatic carbocycles. The smallest absolute Gasteiger partial charge is 0.273 e. The van der Waals surface area contributed by atoms with Crippen LogP contribution in [0.5, 0.6) is 5.75 Å². The fraction of sp³-hybridized carbons (Fsp3) is 0.304. The number of benzene rings is 2. The van der Waals surface area contributed by atoms with Crippen molar-refractivity contribution in [2.45, 2.75) is 39.2 Å². The van der Waals surface area contributed by atoms with Crippen molar-refractivity contribution in [1.82, 2.24) is 20.5 Å². The molecule has 0 spiro atoms. The number of aromatic nitrogens is 3. The number of halogens is 1. The van der Waals surface area contributed by atoms with Gasteiger partial charge in [0, 0.05) is 24.9 Å². The van der Waals surface area contributed by atoms with Gasteiger partial charge in [-0.2, -0.15) is 0 Å². The van der Waals surface area contributed by atoms with Gasteiger partial charge in [0.05, 0.1) is 6.61 Å². The first-order chi connectivity index (χ1) is 15.0. The van der Waals surface area contributed by atoms with Gasteiger partial charge in [0.2, 0.25) is 5.91 Å². The van der Waals surface area contributed by atoms with Crippen LogP contribution in [0.15, 0.2) is 53.3 Å². The highest BCUT2D eigenvalue weighted by Crippen LogP contribution is 2.18. The normalized spacial score (nSPS) is 10.6. The van der Waals surface area contributed by atoms with Gasteiger partial charge in [0.25, 0.3) is 5.56 Å². The van der Waals surface area contributed by atoms with Crippen molar-refractivity contribution in [1.29, 1.82) is 0 Å². The van der Waals surface area contributed by atoms with Crippen LogP contribution < -0.4 is 15.6 Å². The zero-order valence-corrected chi connectivity index (χ0v) is 17.4. The van der Waals surface area contributed by atoms with E-state index < -0.39 is 0 Å². The lowest BCUT2D eigenvalue weighted by molar-refractivity contribution is -0.121. The summed E-state index contributed by atoms with van der Waals surface area (Å²) in [7, 11) is 0. The van der Waals surface area contributed by atoms with Gasteiger partial charge >= 0.3 is 0 Å². The molecule has 0 saturated carbocycles. The number of carbonyl (C=O) groups is 1. The molecule has 8 heteroatoms. The summed E-state index contributed by atoms with van der Waals surface area (Å²) < 4.78 is 18.8. The van der Waals surface area contributed by atoms with E-state index in [0.29, 0.717) is 23.6 Å². The van der Waals surface area contributed by atoms with E-state index in [9.17, 15) is 14.0 Å². The van der Waals surface area contributed by atoms with Gasteiger partial charge in [-0.25, -0.2) is 4.39 Å². The Balaban J connectivity index is 1.53. The predicted molar refractivity (Wildman–Crippen MR) is 115 cm³/mol. The van der Waals surface area contributed by atoms with Crippen molar-refractivity contribution < 1.29 is 13.9 Å². The molecule has 3 aromatic rings. The molecule has 7 nitrogen and oxygen atoms in total. The second-order valence-electron chi connectivity index (χ2n) is 7.08. The monoisotopic (exact) mass is 424 g/mol. The molecule has 2 N–H and O–H groups in total. The number of hydrogen-bond acceptors (Lipinski definition) is 5. The molecule has 1 aromatic heterocycles. The second kappa shape index (κ2) is 11.0. The van der Waals surface area contributed by atoms with Gasteiger partial charge in [-0.05, 0) is 48.4 Å². The number of unbranched alkanes of at least 4 members (excludes halogenated alkanes) is 1. The fourth-order valence-electron chi connectivity index (χ4n) is 2.87. The third-order valence-electron chi connectivity index (χ3n) is 4.63. The van der Waals surface area contributed by atoms with E-state index in [-0.39, 0.29) is 42.4 Å². The summed E-state index contributed by atoms with van der Waals surface area (Å²) in [5.74, 6) is 0.498. The Morgan fingerprint density at radius 1 is 1.16 bits per heavy atom. The fourth-order valence-corrected chi connectivity index (χ4v) is 2.87. The summed E-state index contributed by atoms with van der Waals surface area (Å²) in [5.41, 5.74) is 1.18. The maximum absolute atomic E-state index is 13.2. The molecule has 0 unspecified atom stereocenters. The lowest BCUT2D eigenvalue weighted by atomic mass is 10.2. The molecule has 0 radical (unpaired) electrons. The molecule has 0 fully saturated rings.